The van der Waals surface area contributed by atoms with E-state index in [1.807, 2.05) is 0 Å². The molecule has 2 aromatic carbocycles. The van der Waals surface area contributed by atoms with Crippen molar-refractivity contribution in [1.82, 2.24) is 5.43 Å². The highest BCUT2D eigenvalue weighted by Gasteiger charge is 2.31. The molecule has 0 atom stereocenters. The van der Waals surface area contributed by atoms with Gasteiger partial charge in [0, 0.05) is 12.8 Å². The SMILES string of the molecule is CC(=NNC(=O)CCC(=O)Nc1cc(C(F)(F)F)ccc1Cl)c1ccc(F)cc1. The van der Waals surface area contributed by atoms with Gasteiger partial charge in [-0.15, -0.1) is 0 Å². The molecule has 2 amide bonds. The number of hydrazone groups is 1. The molecule has 10 heteroatoms. The van der Waals surface area contributed by atoms with Crippen molar-refractivity contribution in [1.29, 1.82) is 0 Å². The third-order valence-corrected chi connectivity index (χ3v) is 4.09. The van der Waals surface area contributed by atoms with E-state index < -0.39 is 29.4 Å². The second-order valence-corrected chi connectivity index (χ2v) is 6.39. The first kappa shape index (κ1) is 22.4. The molecule has 0 heterocycles. The van der Waals surface area contributed by atoms with E-state index in [-0.39, 0.29) is 23.6 Å². The van der Waals surface area contributed by atoms with Crippen LogP contribution in [0.25, 0.3) is 0 Å². The van der Waals surface area contributed by atoms with Crippen LogP contribution in [0.5, 0.6) is 0 Å². The average Bonchev–Trinajstić information content (AvgIpc) is 2.66. The summed E-state index contributed by atoms with van der Waals surface area (Å²) in [7, 11) is 0. The van der Waals surface area contributed by atoms with E-state index in [1.165, 1.54) is 24.3 Å². The summed E-state index contributed by atoms with van der Waals surface area (Å²) in [6.45, 7) is 1.61. The second-order valence-electron chi connectivity index (χ2n) is 5.98. The number of alkyl halides is 3. The van der Waals surface area contributed by atoms with E-state index in [2.05, 4.69) is 15.8 Å². The van der Waals surface area contributed by atoms with Gasteiger partial charge in [-0.2, -0.15) is 18.3 Å². The highest BCUT2D eigenvalue weighted by atomic mass is 35.5. The maximum atomic E-state index is 12.9. The average molecular weight is 430 g/mol. The van der Waals surface area contributed by atoms with Gasteiger partial charge in [-0.1, -0.05) is 23.7 Å². The van der Waals surface area contributed by atoms with Crippen LogP contribution in [0.2, 0.25) is 5.02 Å². The molecule has 29 heavy (non-hydrogen) atoms. The van der Waals surface area contributed by atoms with Gasteiger partial charge in [0.2, 0.25) is 11.8 Å². The predicted molar refractivity (Wildman–Crippen MR) is 101 cm³/mol. The first-order chi connectivity index (χ1) is 13.6. The number of amides is 2. The van der Waals surface area contributed by atoms with Crippen molar-refractivity contribution in [3.8, 4) is 0 Å². The third-order valence-electron chi connectivity index (χ3n) is 3.76. The molecule has 2 rings (SSSR count). The molecule has 0 aromatic heterocycles. The van der Waals surface area contributed by atoms with Crippen LogP contribution in [0.1, 0.15) is 30.9 Å². The molecular weight excluding hydrogens is 414 g/mol. The summed E-state index contributed by atoms with van der Waals surface area (Å²) in [5, 5.41) is 6.05. The lowest BCUT2D eigenvalue weighted by Crippen LogP contribution is -2.22. The van der Waals surface area contributed by atoms with Gasteiger partial charge in [-0.3, -0.25) is 9.59 Å². The molecule has 0 unspecified atom stereocenters. The fraction of sp³-hybridized carbons (Fsp3) is 0.211. The first-order valence-electron chi connectivity index (χ1n) is 8.32. The van der Waals surface area contributed by atoms with Crippen molar-refractivity contribution >= 4 is 34.8 Å². The Balaban J connectivity index is 1.88. The minimum Gasteiger partial charge on any atom is -0.325 e. The maximum Gasteiger partial charge on any atom is 0.416 e. The molecule has 0 radical (unpaired) electrons. The number of rotatable bonds is 6. The fourth-order valence-corrected chi connectivity index (χ4v) is 2.36. The van der Waals surface area contributed by atoms with E-state index in [0.29, 0.717) is 11.3 Å². The highest BCUT2D eigenvalue weighted by Crippen LogP contribution is 2.33. The number of nitrogens with zero attached hydrogens (tertiary/aromatic N) is 1. The van der Waals surface area contributed by atoms with Crippen LogP contribution in [0.4, 0.5) is 23.2 Å². The lowest BCUT2D eigenvalue weighted by Gasteiger charge is -2.11. The smallest absolute Gasteiger partial charge is 0.325 e. The quantitative estimate of drug-likeness (QED) is 0.395. The Morgan fingerprint density at radius 3 is 2.28 bits per heavy atom. The Morgan fingerprint density at radius 1 is 1.03 bits per heavy atom. The van der Waals surface area contributed by atoms with Crippen molar-refractivity contribution in [3.63, 3.8) is 0 Å². The molecule has 0 saturated heterocycles. The van der Waals surface area contributed by atoms with Crippen LogP contribution in [0.15, 0.2) is 47.6 Å². The fourth-order valence-electron chi connectivity index (χ4n) is 2.19. The molecule has 5 nitrogen and oxygen atoms in total. The lowest BCUT2D eigenvalue weighted by atomic mass is 10.1. The van der Waals surface area contributed by atoms with Gasteiger partial charge in [0.15, 0.2) is 0 Å². The zero-order chi connectivity index (χ0) is 21.6. The molecule has 154 valence electrons. The molecule has 0 spiro atoms. The monoisotopic (exact) mass is 429 g/mol. The number of carbonyl (C=O) groups excluding carboxylic acids is 2. The Kier molecular flexibility index (Phi) is 7.33. The summed E-state index contributed by atoms with van der Waals surface area (Å²) < 4.78 is 51.1. The van der Waals surface area contributed by atoms with E-state index in [0.717, 1.165) is 18.2 Å². The first-order valence-corrected chi connectivity index (χ1v) is 8.69. The molecule has 0 fully saturated rings. The van der Waals surface area contributed by atoms with Crippen molar-refractivity contribution in [2.45, 2.75) is 25.9 Å². The van der Waals surface area contributed by atoms with E-state index in [4.69, 9.17) is 11.6 Å². The van der Waals surface area contributed by atoms with Crippen molar-refractivity contribution < 1.29 is 27.2 Å². The predicted octanol–water partition coefficient (Wildman–Crippen LogP) is 4.76. The van der Waals surface area contributed by atoms with Gasteiger partial charge in [0.1, 0.15) is 5.82 Å². The summed E-state index contributed by atoms with van der Waals surface area (Å²) >= 11 is 5.80. The minimum absolute atomic E-state index is 0.0599. The van der Waals surface area contributed by atoms with Crippen LogP contribution in [0.3, 0.4) is 0 Å². The third kappa shape index (κ3) is 6.86. The Morgan fingerprint density at radius 2 is 1.66 bits per heavy atom. The number of carbonyl (C=O) groups is 2. The molecule has 2 N–H and O–H groups in total. The summed E-state index contributed by atoms with van der Waals surface area (Å²) in [4.78, 5) is 23.7. The number of nitrogens with one attached hydrogen (secondary N) is 2. The molecule has 0 saturated carbocycles. The zero-order valence-electron chi connectivity index (χ0n) is 15.1. The summed E-state index contributed by atoms with van der Waals surface area (Å²) in [6, 6.07) is 8.03. The van der Waals surface area contributed by atoms with Gasteiger partial charge in [-0.05, 0) is 42.8 Å². The Bertz CT molecular complexity index is 928. The van der Waals surface area contributed by atoms with Crippen LogP contribution in [-0.4, -0.2) is 17.5 Å². The van der Waals surface area contributed by atoms with Crippen molar-refractivity contribution in [2.24, 2.45) is 5.10 Å². The molecular formula is C19H16ClF4N3O2. The van der Waals surface area contributed by atoms with E-state index in [1.54, 1.807) is 6.92 Å². The Hall–Kier alpha value is -2.94. The standard InChI is InChI=1S/C19H16ClF4N3O2/c1-11(12-2-5-14(21)6-3-12)26-27-18(29)9-8-17(28)25-16-10-13(19(22,23)24)4-7-15(16)20/h2-7,10H,8-9H2,1H3,(H,25,28)(H,27,29). The number of hydrogen-bond donors (Lipinski definition) is 2. The van der Waals surface area contributed by atoms with Crippen LogP contribution in [0, 0.1) is 5.82 Å². The van der Waals surface area contributed by atoms with Crippen LogP contribution in [-0.2, 0) is 15.8 Å². The number of anilines is 1. The van der Waals surface area contributed by atoms with Crippen molar-refractivity contribution in [2.75, 3.05) is 5.32 Å². The molecule has 0 aliphatic heterocycles. The second kappa shape index (κ2) is 9.51. The van der Waals surface area contributed by atoms with Gasteiger partial charge < -0.3 is 5.32 Å². The highest BCUT2D eigenvalue weighted by molar-refractivity contribution is 6.33. The van der Waals surface area contributed by atoms with Crippen LogP contribution < -0.4 is 10.7 Å². The summed E-state index contributed by atoms with van der Waals surface area (Å²) in [6.07, 6.45) is -5.11. The molecule has 0 aliphatic rings. The number of halogens is 5. The van der Waals surface area contributed by atoms with E-state index in [9.17, 15) is 27.2 Å². The largest absolute Gasteiger partial charge is 0.416 e. The summed E-state index contributed by atoms with van der Waals surface area (Å²) in [5.41, 5.74) is 2.13. The van der Waals surface area contributed by atoms with Gasteiger partial charge in [0.25, 0.3) is 0 Å². The zero-order valence-corrected chi connectivity index (χ0v) is 15.9. The number of benzene rings is 2. The maximum absolute atomic E-state index is 12.9. The number of hydrogen-bond acceptors (Lipinski definition) is 3. The normalized spacial score (nSPS) is 11.9. The molecule has 0 bridgehead atoms. The molecule has 2 aromatic rings. The van der Waals surface area contributed by atoms with Gasteiger partial charge >= 0.3 is 6.18 Å². The lowest BCUT2D eigenvalue weighted by molar-refractivity contribution is -0.137. The summed E-state index contributed by atoms with van der Waals surface area (Å²) in [5.74, 6) is -1.66. The topological polar surface area (TPSA) is 70.6 Å². The van der Waals surface area contributed by atoms with Gasteiger partial charge in [-0.25, -0.2) is 9.82 Å². The van der Waals surface area contributed by atoms with E-state index >= 15 is 0 Å². The Labute approximate surface area is 168 Å². The van der Waals surface area contributed by atoms with Crippen LogP contribution >= 0.6 is 11.6 Å². The molecule has 0 aliphatic carbocycles. The van der Waals surface area contributed by atoms with Gasteiger partial charge in [0.05, 0.1) is 22.0 Å². The van der Waals surface area contributed by atoms with Crippen molar-refractivity contribution in [3.05, 3.63) is 64.4 Å². The minimum atomic E-state index is -4.58.